The lowest BCUT2D eigenvalue weighted by molar-refractivity contribution is -0.141. The van der Waals surface area contributed by atoms with Crippen LogP contribution < -0.4 is 5.32 Å². The Kier molecular flexibility index (Phi) is 4.21. The van der Waals surface area contributed by atoms with Crippen molar-refractivity contribution < 1.29 is 4.79 Å². The van der Waals surface area contributed by atoms with Gasteiger partial charge in [0.2, 0.25) is 5.91 Å². The Morgan fingerprint density at radius 3 is 2.32 bits per heavy atom. The van der Waals surface area contributed by atoms with Crippen LogP contribution in [0.3, 0.4) is 0 Å². The second-order valence-corrected chi connectivity index (χ2v) is 7.56. The van der Waals surface area contributed by atoms with Crippen molar-refractivity contribution in [3.05, 3.63) is 0 Å². The van der Waals surface area contributed by atoms with Crippen LogP contribution in [-0.4, -0.2) is 61.5 Å². The largest absolute Gasteiger partial charge is 0.340 e. The molecule has 0 bridgehead atoms. The normalized spacial score (nSPS) is 29.8. The third-order valence-corrected chi connectivity index (χ3v) is 4.36. The minimum atomic E-state index is -0.247. The van der Waals surface area contributed by atoms with Gasteiger partial charge in [0.15, 0.2) is 0 Å². The van der Waals surface area contributed by atoms with E-state index in [0.717, 1.165) is 45.8 Å². The van der Waals surface area contributed by atoms with Gasteiger partial charge in [0, 0.05) is 44.7 Å². The molecule has 0 saturated carbocycles. The molecular weight excluding hydrogens is 238 g/mol. The predicted molar refractivity (Wildman–Crippen MR) is 78.1 cm³/mol. The molecule has 0 spiro atoms. The summed E-state index contributed by atoms with van der Waals surface area (Å²) < 4.78 is 0. The van der Waals surface area contributed by atoms with Crippen LogP contribution in [0.2, 0.25) is 0 Å². The van der Waals surface area contributed by atoms with Gasteiger partial charge in [-0.05, 0) is 18.4 Å². The van der Waals surface area contributed by atoms with Gasteiger partial charge in [0.25, 0.3) is 0 Å². The van der Waals surface area contributed by atoms with E-state index >= 15 is 0 Å². The molecule has 0 aromatic rings. The lowest BCUT2D eigenvalue weighted by atomic mass is 9.89. The van der Waals surface area contributed by atoms with Crippen LogP contribution in [0.25, 0.3) is 0 Å². The van der Waals surface area contributed by atoms with E-state index < -0.39 is 0 Å². The van der Waals surface area contributed by atoms with Gasteiger partial charge in [-0.2, -0.15) is 0 Å². The maximum Gasteiger partial charge on any atom is 0.228 e. The van der Waals surface area contributed by atoms with Crippen LogP contribution in [-0.2, 0) is 4.79 Å². The molecule has 4 nitrogen and oxygen atoms in total. The van der Waals surface area contributed by atoms with Crippen molar-refractivity contribution in [1.29, 1.82) is 0 Å². The Bertz CT molecular complexity index is 321. The van der Waals surface area contributed by atoms with Crippen LogP contribution in [0.15, 0.2) is 0 Å². The Balaban J connectivity index is 1.81. The summed E-state index contributed by atoms with van der Waals surface area (Å²) in [4.78, 5) is 16.8. The van der Waals surface area contributed by atoms with Gasteiger partial charge in [-0.1, -0.05) is 27.7 Å². The minimum absolute atomic E-state index is 0.247. The van der Waals surface area contributed by atoms with E-state index in [1.807, 2.05) is 25.7 Å². The van der Waals surface area contributed by atoms with E-state index in [1.165, 1.54) is 6.42 Å². The number of rotatable bonds is 2. The molecule has 0 aliphatic carbocycles. The van der Waals surface area contributed by atoms with E-state index in [0.29, 0.717) is 11.3 Å². The molecule has 0 radical (unpaired) electrons. The number of nitrogens with one attached hydrogen (secondary N) is 1. The highest BCUT2D eigenvalue weighted by Crippen LogP contribution is 2.26. The molecule has 1 amide bonds. The number of carbonyl (C=O) groups is 1. The summed E-state index contributed by atoms with van der Waals surface area (Å²) in [6.07, 6.45) is 1.27. The fraction of sp³-hybridized carbons (Fsp3) is 0.933. The van der Waals surface area contributed by atoms with Gasteiger partial charge in [0.1, 0.15) is 0 Å². The van der Waals surface area contributed by atoms with Crippen LogP contribution in [0.1, 0.15) is 34.1 Å². The van der Waals surface area contributed by atoms with Gasteiger partial charge >= 0.3 is 0 Å². The molecule has 2 aliphatic rings. The molecule has 2 fully saturated rings. The van der Waals surface area contributed by atoms with Crippen molar-refractivity contribution in [3.63, 3.8) is 0 Å². The second-order valence-electron chi connectivity index (χ2n) is 7.56. The van der Waals surface area contributed by atoms with Crippen LogP contribution in [0.5, 0.6) is 0 Å². The SMILES string of the molecule is CC1(CN2CCN(C(=O)C(C)(C)C)CC2)CCNC1. The molecular formula is C15H29N3O. The van der Waals surface area contributed by atoms with Gasteiger partial charge in [-0.15, -0.1) is 0 Å². The molecule has 19 heavy (non-hydrogen) atoms. The molecule has 1 unspecified atom stereocenters. The molecule has 1 atom stereocenters. The Morgan fingerprint density at radius 2 is 1.84 bits per heavy atom. The summed E-state index contributed by atoms with van der Waals surface area (Å²) in [6, 6.07) is 0. The maximum absolute atomic E-state index is 12.2. The summed E-state index contributed by atoms with van der Waals surface area (Å²) >= 11 is 0. The highest BCUT2D eigenvalue weighted by Gasteiger charge is 2.34. The first-order valence-electron chi connectivity index (χ1n) is 7.53. The zero-order chi connectivity index (χ0) is 14.1. The van der Waals surface area contributed by atoms with E-state index in [4.69, 9.17) is 0 Å². The minimum Gasteiger partial charge on any atom is -0.340 e. The first-order valence-corrected chi connectivity index (χ1v) is 7.53. The van der Waals surface area contributed by atoms with E-state index in [-0.39, 0.29) is 5.41 Å². The molecule has 1 N–H and O–H groups in total. The van der Waals surface area contributed by atoms with Crippen molar-refractivity contribution in [1.82, 2.24) is 15.1 Å². The monoisotopic (exact) mass is 267 g/mol. The number of piperazine rings is 1. The number of hydrogen-bond acceptors (Lipinski definition) is 3. The lowest BCUT2D eigenvalue weighted by Gasteiger charge is -2.40. The van der Waals surface area contributed by atoms with E-state index in [2.05, 4.69) is 17.1 Å². The molecule has 2 heterocycles. The summed E-state index contributed by atoms with van der Waals surface area (Å²) in [5.41, 5.74) is 0.180. The quantitative estimate of drug-likeness (QED) is 0.816. The fourth-order valence-electron chi connectivity index (χ4n) is 3.13. The van der Waals surface area contributed by atoms with Crippen molar-refractivity contribution in [3.8, 4) is 0 Å². The highest BCUT2D eigenvalue weighted by molar-refractivity contribution is 5.81. The standard InChI is InChI=1S/C15H29N3O/c1-14(2,3)13(19)18-9-7-17(8-10-18)12-15(4)5-6-16-11-15/h16H,5-12H2,1-4H3. The maximum atomic E-state index is 12.2. The van der Waals surface area contributed by atoms with Gasteiger partial charge < -0.3 is 10.2 Å². The second kappa shape index (κ2) is 5.41. The Morgan fingerprint density at radius 1 is 1.21 bits per heavy atom. The van der Waals surface area contributed by atoms with Gasteiger partial charge in [0.05, 0.1) is 0 Å². The zero-order valence-electron chi connectivity index (χ0n) is 13.0. The Labute approximate surface area is 117 Å². The van der Waals surface area contributed by atoms with E-state index in [1.54, 1.807) is 0 Å². The van der Waals surface area contributed by atoms with Gasteiger partial charge in [-0.25, -0.2) is 0 Å². The van der Waals surface area contributed by atoms with Crippen LogP contribution in [0, 0.1) is 10.8 Å². The number of nitrogens with zero attached hydrogens (tertiary/aromatic N) is 2. The van der Waals surface area contributed by atoms with Crippen LogP contribution >= 0.6 is 0 Å². The number of carbonyl (C=O) groups excluding carboxylic acids is 1. The first kappa shape index (κ1) is 14.8. The van der Waals surface area contributed by atoms with Crippen molar-refractivity contribution in [2.45, 2.75) is 34.1 Å². The first-order chi connectivity index (χ1) is 8.80. The third-order valence-electron chi connectivity index (χ3n) is 4.36. The molecule has 0 aromatic heterocycles. The zero-order valence-corrected chi connectivity index (χ0v) is 13.0. The van der Waals surface area contributed by atoms with Crippen LogP contribution in [0.4, 0.5) is 0 Å². The molecule has 2 rings (SSSR count). The topological polar surface area (TPSA) is 35.6 Å². The number of hydrogen-bond donors (Lipinski definition) is 1. The summed E-state index contributed by atoms with van der Waals surface area (Å²) in [6.45, 7) is 15.7. The summed E-state index contributed by atoms with van der Waals surface area (Å²) in [5.74, 6) is 0.292. The average molecular weight is 267 g/mol. The predicted octanol–water partition coefficient (Wildman–Crippen LogP) is 1.18. The Hall–Kier alpha value is -0.610. The molecule has 2 saturated heterocycles. The fourth-order valence-corrected chi connectivity index (χ4v) is 3.13. The van der Waals surface area contributed by atoms with Crippen molar-refractivity contribution >= 4 is 5.91 Å². The molecule has 4 heteroatoms. The smallest absolute Gasteiger partial charge is 0.228 e. The average Bonchev–Trinajstić information content (AvgIpc) is 2.75. The van der Waals surface area contributed by atoms with Gasteiger partial charge in [-0.3, -0.25) is 9.69 Å². The summed E-state index contributed by atoms with van der Waals surface area (Å²) in [5, 5.41) is 3.46. The lowest BCUT2D eigenvalue weighted by Crippen LogP contribution is -2.53. The third kappa shape index (κ3) is 3.69. The highest BCUT2D eigenvalue weighted by atomic mass is 16.2. The molecule has 110 valence electrons. The van der Waals surface area contributed by atoms with Crippen molar-refractivity contribution in [2.75, 3.05) is 45.8 Å². The van der Waals surface area contributed by atoms with Crippen molar-refractivity contribution in [2.24, 2.45) is 10.8 Å². The van der Waals surface area contributed by atoms with E-state index in [9.17, 15) is 4.79 Å². The summed E-state index contributed by atoms with van der Waals surface area (Å²) in [7, 11) is 0. The molecule has 2 aliphatic heterocycles. The molecule has 0 aromatic carbocycles. The number of amides is 1.